The maximum Gasteiger partial charge on any atom is 0.253 e. The second-order valence-corrected chi connectivity index (χ2v) is 7.53. The van der Waals surface area contributed by atoms with Gasteiger partial charge in [-0.15, -0.1) is 0 Å². The van der Waals surface area contributed by atoms with Crippen LogP contribution in [0.2, 0.25) is 0 Å². The fraction of sp³-hybridized carbons (Fsp3) is 0.455. The van der Waals surface area contributed by atoms with Crippen LogP contribution in [0.3, 0.4) is 0 Å². The van der Waals surface area contributed by atoms with E-state index in [1.165, 1.54) is 17.5 Å². The van der Waals surface area contributed by atoms with Crippen molar-refractivity contribution in [3.8, 4) is 5.88 Å². The van der Waals surface area contributed by atoms with Crippen LogP contribution < -0.4 is 9.64 Å². The highest BCUT2D eigenvalue weighted by Crippen LogP contribution is 2.26. The van der Waals surface area contributed by atoms with E-state index in [2.05, 4.69) is 22.0 Å². The Morgan fingerprint density at radius 3 is 2.63 bits per heavy atom. The van der Waals surface area contributed by atoms with Gasteiger partial charge < -0.3 is 14.5 Å². The summed E-state index contributed by atoms with van der Waals surface area (Å²) in [6.07, 6.45) is 7.27. The number of piperidine rings is 1. The molecule has 1 aromatic heterocycles. The quantitative estimate of drug-likeness (QED) is 0.834. The topological polar surface area (TPSA) is 45.7 Å². The van der Waals surface area contributed by atoms with Gasteiger partial charge in [0.1, 0.15) is 0 Å². The van der Waals surface area contributed by atoms with E-state index in [0.717, 1.165) is 50.0 Å². The second kappa shape index (κ2) is 7.59. The highest BCUT2D eigenvalue weighted by Gasteiger charge is 2.27. The first-order chi connectivity index (χ1) is 13.2. The number of amides is 1. The molecule has 0 unspecified atom stereocenters. The normalized spacial score (nSPS) is 16.9. The first-order valence-electron chi connectivity index (χ1n) is 9.79. The number of methoxy groups -OCH3 is 1. The summed E-state index contributed by atoms with van der Waals surface area (Å²) in [4.78, 5) is 21.5. The zero-order valence-electron chi connectivity index (χ0n) is 16.1. The summed E-state index contributed by atoms with van der Waals surface area (Å²) in [6, 6.07) is 10.5. The highest BCUT2D eigenvalue weighted by atomic mass is 16.5. The van der Waals surface area contributed by atoms with Crippen LogP contribution in [-0.4, -0.2) is 49.1 Å². The molecule has 5 nitrogen and oxygen atoms in total. The van der Waals surface area contributed by atoms with Gasteiger partial charge in [-0.25, -0.2) is 4.98 Å². The number of ether oxygens (including phenoxy) is 1. The average molecular weight is 365 g/mol. The number of benzene rings is 1. The van der Waals surface area contributed by atoms with E-state index < -0.39 is 0 Å². The zero-order valence-corrected chi connectivity index (χ0v) is 16.1. The van der Waals surface area contributed by atoms with Crippen LogP contribution in [0, 0.1) is 0 Å². The van der Waals surface area contributed by atoms with Crippen molar-refractivity contribution in [3.05, 3.63) is 53.2 Å². The summed E-state index contributed by atoms with van der Waals surface area (Å²) in [5.41, 5.74) is 4.72. The predicted molar refractivity (Wildman–Crippen MR) is 107 cm³/mol. The number of carbonyl (C=O) groups is 1. The lowest BCUT2D eigenvalue weighted by Crippen LogP contribution is -2.45. The van der Waals surface area contributed by atoms with Gasteiger partial charge in [0.05, 0.1) is 19.0 Å². The van der Waals surface area contributed by atoms with E-state index in [1.54, 1.807) is 7.11 Å². The van der Waals surface area contributed by atoms with Crippen LogP contribution in [0.4, 0.5) is 5.69 Å². The standard InChI is InChI=1S/C22H27N3O2/c1-24(22(26)18-7-6-16-4-3-5-17(16)14-18)19-10-12-25(13-11-19)20-8-9-21(27-2)23-15-20/h6-9,14-15,19H,3-5,10-13H2,1-2H3. The smallest absolute Gasteiger partial charge is 0.253 e. The minimum atomic E-state index is 0.147. The molecule has 1 aliphatic carbocycles. The maximum atomic E-state index is 13.0. The number of carbonyl (C=O) groups excluding carboxylic acids is 1. The molecule has 2 aliphatic rings. The third-order valence-corrected chi connectivity index (χ3v) is 5.97. The number of fused-ring (bicyclic) bond motifs is 1. The number of hydrogen-bond donors (Lipinski definition) is 0. The predicted octanol–water partition coefficient (Wildman–Crippen LogP) is 3.32. The Kier molecular flexibility index (Phi) is 5.01. The minimum Gasteiger partial charge on any atom is -0.481 e. The molecule has 1 aliphatic heterocycles. The van der Waals surface area contributed by atoms with Crippen molar-refractivity contribution < 1.29 is 9.53 Å². The van der Waals surface area contributed by atoms with Crippen molar-refractivity contribution in [1.29, 1.82) is 0 Å². The Hall–Kier alpha value is -2.56. The molecule has 4 rings (SSSR count). The van der Waals surface area contributed by atoms with Crippen molar-refractivity contribution >= 4 is 11.6 Å². The van der Waals surface area contributed by atoms with Crippen molar-refractivity contribution in [2.45, 2.75) is 38.1 Å². The van der Waals surface area contributed by atoms with Gasteiger partial charge in [-0.3, -0.25) is 4.79 Å². The fourth-order valence-electron chi connectivity index (χ4n) is 4.27. The fourth-order valence-corrected chi connectivity index (χ4v) is 4.27. The number of hydrogen-bond acceptors (Lipinski definition) is 4. The minimum absolute atomic E-state index is 0.147. The largest absolute Gasteiger partial charge is 0.481 e. The monoisotopic (exact) mass is 365 g/mol. The molecular formula is C22H27N3O2. The second-order valence-electron chi connectivity index (χ2n) is 7.53. The van der Waals surface area contributed by atoms with Crippen molar-refractivity contribution in [1.82, 2.24) is 9.88 Å². The molecule has 0 bridgehead atoms. The Bertz CT molecular complexity index is 811. The van der Waals surface area contributed by atoms with Gasteiger partial charge in [0.15, 0.2) is 0 Å². The summed E-state index contributed by atoms with van der Waals surface area (Å²) in [5, 5.41) is 0. The number of rotatable bonds is 4. The Morgan fingerprint density at radius 1 is 1.15 bits per heavy atom. The number of aromatic nitrogens is 1. The van der Waals surface area contributed by atoms with Crippen molar-refractivity contribution in [3.63, 3.8) is 0 Å². The molecule has 1 saturated heterocycles. The number of anilines is 1. The van der Waals surface area contributed by atoms with E-state index >= 15 is 0 Å². The van der Waals surface area contributed by atoms with Gasteiger partial charge in [-0.05, 0) is 61.4 Å². The molecule has 27 heavy (non-hydrogen) atoms. The lowest BCUT2D eigenvalue weighted by atomic mass is 10.0. The average Bonchev–Trinajstić information content (AvgIpc) is 3.21. The number of nitrogens with zero attached hydrogens (tertiary/aromatic N) is 3. The molecule has 2 heterocycles. The van der Waals surface area contributed by atoms with Crippen LogP contribution in [0.25, 0.3) is 0 Å². The Labute approximate surface area is 161 Å². The Morgan fingerprint density at radius 2 is 1.93 bits per heavy atom. The molecule has 142 valence electrons. The Balaban J connectivity index is 1.37. The molecule has 5 heteroatoms. The van der Waals surface area contributed by atoms with Crippen LogP contribution >= 0.6 is 0 Å². The number of aryl methyl sites for hydroxylation is 2. The molecule has 0 N–H and O–H groups in total. The van der Waals surface area contributed by atoms with Gasteiger partial charge in [0.25, 0.3) is 5.91 Å². The molecule has 0 radical (unpaired) electrons. The van der Waals surface area contributed by atoms with Crippen molar-refractivity contribution in [2.24, 2.45) is 0 Å². The van der Waals surface area contributed by atoms with Crippen LogP contribution in [0.1, 0.15) is 40.7 Å². The van der Waals surface area contributed by atoms with Gasteiger partial charge in [0, 0.05) is 37.8 Å². The van der Waals surface area contributed by atoms with Crippen LogP contribution in [0.15, 0.2) is 36.5 Å². The van der Waals surface area contributed by atoms with Gasteiger partial charge in [0.2, 0.25) is 5.88 Å². The van der Waals surface area contributed by atoms with Crippen LogP contribution in [0.5, 0.6) is 5.88 Å². The van der Waals surface area contributed by atoms with Gasteiger partial charge in [-0.2, -0.15) is 0 Å². The summed E-state index contributed by atoms with van der Waals surface area (Å²) < 4.78 is 5.13. The van der Waals surface area contributed by atoms with E-state index in [4.69, 9.17) is 4.74 Å². The first-order valence-corrected chi connectivity index (χ1v) is 9.79. The lowest BCUT2D eigenvalue weighted by Gasteiger charge is -2.37. The zero-order chi connectivity index (χ0) is 18.8. The van der Waals surface area contributed by atoms with E-state index in [1.807, 2.05) is 36.3 Å². The SMILES string of the molecule is COc1ccc(N2CCC(N(C)C(=O)c3ccc4c(c3)CCC4)CC2)cn1. The molecular weight excluding hydrogens is 338 g/mol. The first kappa shape index (κ1) is 17.8. The summed E-state index contributed by atoms with van der Waals surface area (Å²) in [6.45, 7) is 1.86. The van der Waals surface area contributed by atoms with E-state index in [-0.39, 0.29) is 11.9 Å². The van der Waals surface area contributed by atoms with Gasteiger partial charge >= 0.3 is 0 Å². The molecule has 0 saturated carbocycles. The summed E-state index contributed by atoms with van der Waals surface area (Å²) in [7, 11) is 3.58. The van der Waals surface area contributed by atoms with Crippen LogP contribution in [-0.2, 0) is 12.8 Å². The molecule has 0 spiro atoms. The van der Waals surface area contributed by atoms with Gasteiger partial charge in [-0.1, -0.05) is 6.07 Å². The van der Waals surface area contributed by atoms with E-state index in [9.17, 15) is 4.79 Å². The molecule has 1 amide bonds. The molecule has 0 atom stereocenters. The van der Waals surface area contributed by atoms with E-state index in [0.29, 0.717) is 5.88 Å². The summed E-state index contributed by atoms with van der Waals surface area (Å²) in [5.74, 6) is 0.780. The lowest BCUT2D eigenvalue weighted by molar-refractivity contribution is 0.0709. The highest BCUT2D eigenvalue weighted by molar-refractivity contribution is 5.94. The van der Waals surface area contributed by atoms with Crippen molar-refractivity contribution in [2.75, 3.05) is 32.1 Å². The maximum absolute atomic E-state index is 13.0. The third kappa shape index (κ3) is 3.64. The third-order valence-electron chi connectivity index (χ3n) is 5.97. The molecule has 1 aromatic carbocycles. The summed E-state index contributed by atoms with van der Waals surface area (Å²) >= 11 is 0. The number of pyridine rings is 1. The molecule has 1 fully saturated rings. The molecule has 2 aromatic rings.